The fraction of sp³-hybridized carbons (Fsp3) is 0.118. The van der Waals surface area contributed by atoms with Gasteiger partial charge in [-0.25, -0.2) is 8.78 Å². The third-order valence-electron chi connectivity index (χ3n) is 3.94. The van der Waals surface area contributed by atoms with Crippen LogP contribution >= 0.6 is 0 Å². The van der Waals surface area contributed by atoms with Crippen LogP contribution in [0.2, 0.25) is 0 Å². The number of benzene rings is 2. The highest BCUT2D eigenvalue weighted by Gasteiger charge is 2.17. The molecule has 6 nitrogen and oxygen atoms in total. The number of nitrogens with one attached hydrogen (secondary N) is 1. The molecule has 1 aromatic heterocycles. The van der Waals surface area contributed by atoms with Crippen LogP contribution in [0.15, 0.2) is 46.0 Å². The van der Waals surface area contributed by atoms with Gasteiger partial charge in [0.05, 0.1) is 11.0 Å². The number of nitrogens with zero attached hydrogens (tertiary/aromatic N) is 2. The summed E-state index contributed by atoms with van der Waals surface area (Å²) in [6, 6.07) is 7.59. The molecule has 25 heavy (non-hydrogen) atoms. The standard InChI is InChI=1S/C17H13F2N3O3/c1-21-12-7-6-9(8-13(12)22(2)17(25)16(21)24)20-15(23)14-10(18)4-3-5-11(14)19/h3-8H,1-2H3,(H,20,23). The van der Waals surface area contributed by atoms with E-state index in [1.54, 1.807) is 0 Å². The number of aryl methyl sites for hydroxylation is 2. The molecule has 0 spiro atoms. The molecule has 3 rings (SSSR count). The largest absolute Gasteiger partial charge is 0.322 e. The first-order valence-corrected chi connectivity index (χ1v) is 7.26. The molecule has 1 heterocycles. The van der Waals surface area contributed by atoms with Gasteiger partial charge in [0.1, 0.15) is 17.2 Å². The van der Waals surface area contributed by atoms with Gasteiger partial charge in [0, 0.05) is 19.8 Å². The minimum atomic E-state index is -0.979. The van der Waals surface area contributed by atoms with Crippen molar-refractivity contribution in [2.45, 2.75) is 0 Å². The molecule has 0 aliphatic rings. The van der Waals surface area contributed by atoms with Gasteiger partial charge < -0.3 is 14.5 Å². The van der Waals surface area contributed by atoms with Gasteiger partial charge >= 0.3 is 11.1 Å². The maximum absolute atomic E-state index is 13.7. The Kier molecular flexibility index (Phi) is 3.96. The summed E-state index contributed by atoms with van der Waals surface area (Å²) < 4.78 is 29.7. The number of halogens is 2. The van der Waals surface area contributed by atoms with Crippen molar-refractivity contribution in [2.24, 2.45) is 14.1 Å². The number of carbonyl (C=O) groups excluding carboxylic acids is 1. The monoisotopic (exact) mass is 345 g/mol. The van der Waals surface area contributed by atoms with Crippen LogP contribution in [0.5, 0.6) is 0 Å². The van der Waals surface area contributed by atoms with Gasteiger partial charge in [-0.3, -0.25) is 14.4 Å². The lowest BCUT2D eigenvalue weighted by molar-refractivity contribution is 0.101. The van der Waals surface area contributed by atoms with E-state index in [4.69, 9.17) is 0 Å². The lowest BCUT2D eigenvalue weighted by Crippen LogP contribution is -2.39. The SMILES string of the molecule is Cn1c(=O)c(=O)n(C)c2cc(NC(=O)c3c(F)cccc3F)ccc21. The lowest BCUT2D eigenvalue weighted by Gasteiger charge is -2.12. The van der Waals surface area contributed by atoms with Gasteiger partial charge in [-0.2, -0.15) is 0 Å². The average molecular weight is 345 g/mol. The van der Waals surface area contributed by atoms with E-state index in [2.05, 4.69) is 5.32 Å². The van der Waals surface area contributed by atoms with Crippen LogP contribution in [0, 0.1) is 11.6 Å². The maximum atomic E-state index is 13.7. The van der Waals surface area contributed by atoms with E-state index in [0.717, 1.165) is 22.8 Å². The average Bonchev–Trinajstić information content (AvgIpc) is 2.58. The normalized spacial score (nSPS) is 10.9. The fourth-order valence-electron chi connectivity index (χ4n) is 2.57. The zero-order chi connectivity index (χ0) is 18.3. The smallest absolute Gasteiger partial charge is 0.316 e. The minimum absolute atomic E-state index is 0.230. The summed E-state index contributed by atoms with van der Waals surface area (Å²) >= 11 is 0. The minimum Gasteiger partial charge on any atom is -0.322 e. The van der Waals surface area contributed by atoms with Crippen LogP contribution in [-0.4, -0.2) is 15.0 Å². The molecule has 128 valence electrons. The third-order valence-corrected chi connectivity index (χ3v) is 3.94. The van der Waals surface area contributed by atoms with Crippen LogP contribution in [0.3, 0.4) is 0 Å². The Morgan fingerprint density at radius 1 is 0.920 bits per heavy atom. The summed E-state index contributed by atoms with van der Waals surface area (Å²) in [5, 5.41) is 2.39. The Bertz CT molecular complexity index is 1110. The van der Waals surface area contributed by atoms with Crippen molar-refractivity contribution in [2.75, 3.05) is 5.32 Å². The van der Waals surface area contributed by atoms with E-state index in [-0.39, 0.29) is 5.69 Å². The predicted octanol–water partition coefficient (Wildman–Crippen LogP) is 1.77. The number of anilines is 1. The van der Waals surface area contributed by atoms with E-state index in [0.29, 0.717) is 11.0 Å². The zero-order valence-electron chi connectivity index (χ0n) is 13.3. The summed E-state index contributed by atoms with van der Waals surface area (Å²) in [5.41, 5.74) is -1.01. The van der Waals surface area contributed by atoms with Crippen LogP contribution in [0.25, 0.3) is 11.0 Å². The lowest BCUT2D eigenvalue weighted by atomic mass is 10.1. The quantitative estimate of drug-likeness (QED) is 0.720. The number of hydrogen-bond donors (Lipinski definition) is 1. The number of hydrogen-bond acceptors (Lipinski definition) is 3. The Morgan fingerprint density at radius 2 is 1.48 bits per heavy atom. The third kappa shape index (κ3) is 2.71. The topological polar surface area (TPSA) is 73.1 Å². The molecular formula is C17H13F2N3O3. The Morgan fingerprint density at radius 3 is 2.08 bits per heavy atom. The zero-order valence-corrected chi connectivity index (χ0v) is 13.3. The number of fused-ring (bicyclic) bond motifs is 1. The molecule has 0 aliphatic carbocycles. The first-order chi connectivity index (χ1) is 11.8. The summed E-state index contributed by atoms with van der Waals surface area (Å²) in [5.74, 6) is -2.91. The van der Waals surface area contributed by atoms with Gasteiger partial charge in [0.25, 0.3) is 5.91 Å². The molecule has 0 unspecified atom stereocenters. The highest BCUT2D eigenvalue weighted by atomic mass is 19.1. The van der Waals surface area contributed by atoms with Crippen LogP contribution in [0.1, 0.15) is 10.4 Å². The molecule has 3 aromatic rings. The molecule has 0 aliphatic heterocycles. The number of rotatable bonds is 2. The highest BCUT2D eigenvalue weighted by molar-refractivity contribution is 6.05. The van der Waals surface area contributed by atoms with E-state index < -0.39 is 34.2 Å². The van der Waals surface area contributed by atoms with Gasteiger partial charge in [-0.1, -0.05) is 6.07 Å². The maximum Gasteiger partial charge on any atom is 0.316 e. The Balaban J connectivity index is 2.08. The molecule has 0 fully saturated rings. The van der Waals surface area contributed by atoms with Crippen molar-refractivity contribution >= 4 is 22.6 Å². The number of aromatic nitrogens is 2. The molecule has 0 saturated carbocycles. The van der Waals surface area contributed by atoms with Crippen molar-refractivity contribution in [1.29, 1.82) is 0 Å². The highest BCUT2D eigenvalue weighted by Crippen LogP contribution is 2.19. The molecular weight excluding hydrogens is 332 g/mol. The Hall–Kier alpha value is -3.29. The van der Waals surface area contributed by atoms with Crippen molar-refractivity contribution in [3.05, 3.63) is 74.3 Å². The summed E-state index contributed by atoms with van der Waals surface area (Å²) in [6.45, 7) is 0. The van der Waals surface area contributed by atoms with Crippen molar-refractivity contribution in [3.63, 3.8) is 0 Å². The van der Waals surface area contributed by atoms with E-state index >= 15 is 0 Å². The second-order valence-electron chi connectivity index (χ2n) is 5.48. The Labute approximate surface area is 139 Å². The first-order valence-electron chi connectivity index (χ1n) is 7.26. The second-order valence-corrected chi connectivity index (χ2v) is 5.48. The summed E-state index contributed by atoms with van der Waals surface area (Å²) in [4.78, 5) is 35.8. The predicted molar refractivity (Wildman–Crippen MR) is 88.7 cm³/mol. The molecule has 0 saturated heterocycles. The number of amides is 1. The molecule has 0 atom stereocenters. The van der Waals surface area contributed by atoms with E-state index in [1.165, 1.54) is 36.9 Å². The number of carbonyl (C=O) groups is 1. The van der Waals surface area contributed by atoms with Gasteiger partial charge in [-0.05, 0) is 30.3 Å². The van der Waals surface area contributed by atoms with Gasteiger partial charge in [0.15, 0.2) is 0 Å². The van der Waals surface area contributed by atoms with Gasteiger partial charge in [-0.15, -0.1) is 0 Å². The van der Waals surface area contributed by atoms with E-state index in [9.17, 15) is 23.2 Å². The van der Waals surface area contributed by atoms with E-state index in [1.807, 2.05) is 0 Å². The van der Waals surface area contributed by atoms with Crippen LogP contribution < -0.4 is 16.4 Å². The molecule has 0 radical (unpaired) electrons. The fourth-order valence-corrected chi connectivity index (χ4v) is 2.57. The van der Waals surface area contributed by atoms with Crippen molar-refractivity contribution in [3.8, 4) is 0 Å². The second kappa shape index (κ2) is 5.97. The van der Waals surface area contributed by atoms with Crippen molar-refractivity contribution < 1.29 is 13.6 Å². The van der Waals surface area contributed by atoms with Gasteiger partial charge in [0.2, 0.25) is 0 Å². The molecule has 0 bridgehead atoms. The summed E-state index contributed by atoms with van der Waals surface area (Å²) in [6.07, 6.45) is 0. The van der Waals surface area contributed by atoms with Crippen molar-refractivity contribution in [1.82, 2.24) is 9.13 Å². The molecule has 8 heteroatoms. The summed E-state index contributed by atoms with van der Waals surface area (Å²) in [7, 11) is 2.88. The molecule has 1 amide bonds. The van der Waals surface area contributed by atoms with Crippen LogP contribution in [0.4, 0.5) is 14.5 Å². The van der Waals surface area contributed by atoms with Crippen LogP contribution in [-0.2, 0) is 14.1 Å². The first kappa shape index (κ1) is 16.6. The molecule has 2 aromatic carbocycles. The molecule has 1 N–H and O–H groups in total.